The summed E-state index contributed by atoms with van der Waals surface area (Å²) in [6.07, 6.45) is 2.17. The fraction of sp³-hybridized carbons (Fsp3) is 0.727. The molecular weight excluding hydrogens is 270 g/mol. The molecule has 0 atom stereocenters. The van der Waals surface area contributed by atoms with Crippen molar-refractivity contribution >= 4 is 10.0 Å². The van der Waals surface area contributed by atoms with Crippen LogP contribution < -0.4 is 0 Å². The maximum atomic E-state index is 12.3. The Kier molecular flexibility index (Phi) is 3.95. The van der Waals surface area contributed by atoms with Crippen LogP contribution in [0.5, 0.6) is 0 Å². The van der Waals surface area contributed by atoms with E-state index in [0.717, 1.165) is 4.31 Å². The number of ether oxygens (including phenoxy) is 1. The van der Waals surface area contributed by atoms with Crippen molar-refractivity contribution in [3.05, 3.63) is 12.0 Å². The van der Waals surface area contributed by atoms with E-state index in [0.29, 0.717) is 31.9 Å². The van der Waals surface area contributed by atoms with Gasteiger partial charge in [0.1, 0.15) is 5.82 Å². The van der Waals surface area contributed by atoms with Crippen LogP contribution >= 0.6 is 0 Å². The molecular formula is C11H19N3O4S. The zero-order valence-electron chi connectivity index (χ0n) is 11.1. The first-order valence-electron chi connectivity index (χ1n) is 6.12. The quantitative estimate of drug-likeness (QED) is 0.805. The number of aryl methyl sites for hydroxylation is 1. The molecule has 8 heteroatoms. The minimum Gasteiger partial charge on any atom is -0.388 e. The predicted octanol–water partition coefficient (Wildman–Crippen LogP) is -0.120. The monoisotopic (exact) mass is 289 g/mol. The molecule has 2 N–H and O–H groups in total. The van der Waals surface area contributed by atoms with Crippen LogP contribution in [0.15, 0.2) is 11.2 Å². The van der Waals surface area contributed by atoms with Gasteiger partial charge in [0.2, 0.25) is 0 Å². The lowest BCUT2D eigenvalue weighted by molar-refractivity contribution is -0.0689. The molecule has 0 spiro atoms. The van der Waals surface area contributed by atoms with Gasteiger partial charge >= 0.3 is 0 Å². The van der Waals surface area contributed by atoms with Crippen molar-refractivity contribution in [2.45, 2.75) is 30.4 Å². The van der Waals surface area contributed by atoms with Gasteiger partial charge in [0.25, 0.3) is 10.0 Å². The fourth-order valence-corrected chi connectivity index (χ4v) is 3.31. The van der Waals surface area contributed by atoms with Gasteiger partial charge in [-0.2, -0.15) is 4.31 Å². The first kappa shape index (κ1) is 14.4. The van der Waals surface area contributed by atoms with E-state index in [1.165, 1.54) is 13.2 Å². The molecule has 1 aromatic heterocycles. The van der Waals surface area contributed by atoms with Gasteiger partial charge in [-0.3, -0.25) is 0 Å². The summed E-state index contributed by atoms with van der Waals surface area (Å²) >= 11 is 0. The summed E-state index contributed by atoms with van der Waals surface area (Å²) in [5.41, 5.74) is -1.02. The molecule has 0 aromatic carbocycles. The van der Waals surface area contributed by atoms with Crippen LogP contribution in [-0.4, -0.2) is 60.2 Å². The molecule has 2 rings (SSSR count). The van der Waals surface area contributed by atoms with Gasteiger partial charge in [0, 0.05) is 39.6 Å². The Morgan fingerprint density at radius 1 is 1.53 bits per heavy atom. The maximum Gasteiger partial charge on any atom is 0.259 e. The summed E-state index contributed by atoms with van der Waals surface area (Å²) < 4.78 is 30.9. The van der Waals surface area contributed by atoms with E-state index in [1.54, 1.807) is 6.92 Å². The number of aliphatic hydroxyl groups is 1. The summed E-state index contributed by atoms with van der Waals surface area (Å²) in [7, 11) is -2.18. The second kappa shape index (κ2) is 5.20. The number of aromatic nitrogens is 2. The maximum absolute atomic E-state index is 12.3. The zero-order chi connectivity index (χ0) is 14.1. The van der Waals surface area contributed by atoms with E-state index >= 15 is 0 Å². The Bertz CT molecular complexity index is 534. The zero-order valence-corrected chi connectivity index (χ0v) is 11.9. The molecule has 2 heterocycles. The summed E-state index contributed by atoms with van der Waals surface area (Å²) in [5, 5.41) is 10.4. The lowest BCUT2D eigenvalue weighted by Crippen LogP contribution is -2.47. The number of rotatable bonds is 4. The van der Waals surface area contributed by atoms with Crippen LogP contribution in [0.3, 0.4) is 0 Å². The summed E-state index contributed by atoms with van der Waals surface area (Å²) in [6, 6.07) is 0. The standard InChI is InChI=1S/C11H19N3O4S/c1-9-12-7-10(13-9)19(16,17)14(2)8-11(15)3-5-18-6-4-11/h7,15H,3-6,8H2,1-2H3,(H,12,13). The molecule has 1 aromatic rings. The molecule has 0 amide bonds. The van der Waals surface area contributed by atoms with Gasteiger partial charge in [-0.25, -0.2) is 13.4 Å². The number of hydrogen-bond acceptors (Lipinski definition) is 5. The Hall–Kier alpha value is -0.960. The lowest BCUT2D eigenvalue weighted by atomic mass is 9.95. The molecule has 1 aliphatic heterocycles. The van der Waals surface area contributed by atoms with E-state index in [-0.39, 0.29) is 11.6 Å². The van der Waals surface area contributed by atoms with Gasteiger partial charge in [-0.1, -0.05) is 0 Å². The third-order valence-electron chi connectivity index (χ3n) is 3.31. The van der Waals surface area contributed by atoms with Gasteiger partial charge < -0.3 is 14.8 Å². The molecule has 0 bridgehead atoms. The summed E-state index contributed by atoms with van der Waals surface area (Å²) in [5.74, 6) is 0.539. The van der Waals surface area contributed by atoms with E-state index in [2.05, 4.69) is 9.97 Å². The molecule has 1 aliphatic rings. The Balaban J connectivity index is 2.12. The van der Waals surface area contributed by atoms with Gasteiger partial charge in [0.05, 0.1) is 11.8 Å². The summed E-state index contributed by atoms with van der Waals surface area (Å²) in [6.45, 7) is 2.64. The Labute approximate surface area is 112 Å². The number of sulfonamides is 1. The molecule has 0 unspecified atom stereocenters. The minimum atomic E-state index is -3.64. The number of nitrogens with one attached hydrogen (secondary N) is 1. The van der Waals surface area contributed by atoms with Crippen LogP contribution in [0.4, 0.5) is 0 Å². The van der Waals surface area contributed by atoms with Crippen LogP contribution in [0, 0.1) is 6.92 Å². The minimum absolute atomic E-state index is 0.0446. The number of hydrogen-bond donors (Lipinski definition) is 2. The van der Waals surface area contributed by atoms with Crippen LogP contribution in [0.25, 0.3) is 0 Å². The van der Waals surface area contributed by atoms with E-state index < -0.39 is 15.6 Å². The fourth-order valence-electron chi connectivity index (χ4n) is 2.11. The van der Waals surface area contributed by atoms with Crippen molar-refractivity contribution in [1.82, 2.24) is 14.3 Å². The molecule has 0 aliphatic carbocycles. The average molecular weight is 289 g/mol. The topological polar surface area (TPSA) is 95.5 Å². The number of aromatic amines is 1. The molecule has 0 saturated carbocycles. The Morgan fingerprint density at radius 2 is 2.16 bits per heavy atom. The molecule has 7 nitrogen and oxygen atoms in total. The first-order chi connectivity index (χ1) is 8.83. The highest BCUT2D eigenvalue weighted by Crippen LogP contribution is 2.23. The largest absolute Gasteiger partial charge is 0.388 e. The van der Waals surface area contributed by atoms with Crippen LogP contribution in [-0.2, 0) is 14.8 Å². The van der Waals surface area contributed by atoms with Crippen molar-refractivity contribution in [2.75, 3.05) is 26.8 Å². The van der Waals surface area contributed by atoms with E-state index in [1.807, 2.05) is 0 Å². The third-order valence-corrected chi connectivity index (χ3v) is 5.02. The highest BCUT2D eigenvalue weighted by Gasteiger charge is 2.35. The van der Waals surface area contributed by atoms with Crippen molar-refractivity contribution < 1.29 is 18.3 Å². The van der Waals surface area contributed by atoms with E-state index in [9.17, 15) is 13.5 Å². The van der Waals surface area contributed by atoms with Gasteiger partial charge in [-0.15, -0.1) is 0 Å². The molecule has 1 fully saturated rings. The first-order valence-corrected chi connectivity index (χ1v) is 7.56. The number of H-pyrrole nitrogens is 1. The number of nitrogens with zero attached hydrogens (tertiary/aromatic N) is 2. The molecule has 19 heavy (non-hydrogen) atoms. The summed E-state index contributed by atoms with van der Waals surface area (Å²) in [4.78, 5) is 6.59. The molecule has 1 saturated heterocycles. The SMILES string of the molecule is Cc1ncc(S(=O)(=O)N(C)CC2(O)CCOCC2)[nH]1. The third kappa shape index (κ3) is 3.14. The smallest absolute Gasteiger partial charge is 0.259 e. The average Bonchev–Trinajstić information content (AvgIpc) is 2.77. The second-order valence-corrected chi connectivity index (χ2v) is 6.94. The second-order valence-electron chi connectivity index (χ2n) is 4.93. The van der Waals surface area contributed by atoms with Crippen molar-refractivity contribution in [3.63, 3.8) is 0 Å². The molecule has 0 radical (unpaired) electrons. The van der Waals surface area contributed by atoms with Crippen LogP contribution in [0.1, 0.15) is 18.7 Å². The highest BCUT2D eigenvalue weighted by molar-refractivity contribution is 7.89. The van der Waals surface area contributed by atoms with Gasteiger partial charge in [0.15, 0.2) is 5.03 Å². The van der Waals surface area contributed by atoms with E-state index in [4.69, 9.17) is 4.74 Å². The van der Waals surface area contributed by atoms with Crippen molar-refractivity contribution in [1.29, 1.82) is 0 Å². The van der Waals surface area contributed by atoms with Crippen molar-refractivity contribution in [3.8, 4) is 0 Å². The Morgan fingerprint density at radius 3 is 2.68 bits per heavy atom. The predicted molar refractivity (Wildman–Crippen MR) is 68.1 cm³/mol. The number of imidazole rings is 1. The lowest BCUT2D eigenvalue weighted by Gasteiger charge is -2.34. The number of likely N-dealkylation sites (N-methyl/N-ethyl adjacent to an activating group) is 1. The van der Waals surface area contributed by atoms with Gasteiger partial charge in [-0.05, 0) is 6.92 Å². The highest BCUT2D eigenvalue weighted by atomic mass is 32.2. The normalized spacial score (nSPS) is 19.8. The molecule has 108 valence electrons. The van der Waals surface area contributed by atoms with Crippen molar-refractivity contribution in [2.24, 2.45) is 0 Å². The van der Waals surface area contributed by atoms with Crippen LogP contribution in [0.2, 0.25) is 0 Å².